The topological polar surface area (TPSA) is 49.3 Å². The molecule has 2 atom stereocenters. The predicted molar refractivity (Wildman–Crippen MR) is 58.9 cm³/mol. The summed E-state index contributed by atoms with van der Waals surface area (Å²) in [6.07, 6.45) is 0.739. The third-order valence-electron chi connectivity index (χ3n) is 2.97. The minimum absolute atomic E-state index is 0.200. The molecule has 2 N–H and O–H groups in total. The van der Waals surface area contributed by atoms with Gasteiger partial charge in [0.1, 0.15) is 5.82 Å². The normalized spacial score (nSPS) is 22.9. The van der Waals surface area contributed by atoms with Crippen LogP contribution in [-0.2, 0) is 4.79 Å². The Bertz CT molecular complexity index is 419. The van der Waals surface area contributed by atoms with Gasteiger partial charge < -0.3 is 10.4 Å². The molecule has 1 aliphatic carbocycles. The van der Waals surface area contributed by atoms with E-state index in [4.69, 9.17) is 5.11 Å². The lowest BCUT2D eigenvalue weighted by atomic mass is 10.2. The van der Waals surface area contributed by atoms with Crippen LogP contribution in [0.25, 0.3) is 0 Å². The summed E-state index contributed by atoms with van der Waals surface area (Å²) >= 11 is 0. The molecule has 3 nitrogen and oxygen atoms in total. The van der Waals surface area contributed by atoms with Crippen LogP contribution in [-0.4, -0.2) is 17.6 Å². The number of anilines is 1. The number of carbonyl (C=O) groups is 1. The number of carboxylic acids is 1. The fraction of sp³-hybridized carbons (Fsp3) is 0.417. The molecule has 4 heteroatoms. The fourth-order valence-electron chi connectivity index (χ4n) is 1.78. The van der Waals surface area contributed by atoms with E-state index in [0.29, 0.717) is 12.1 Å². The Morgan fingerprint density at radius 1 is 1.62 bits per heavy atom. The first-order chi connectivity index (χ1) is 7.58. The molecular weight excluding hydrogens is 209 g/mol. The molecule has 1 aromatic carbocycles. The maximum atomic E-state index is 13.0. The van der Waals surface area contributed by atoms with Gasteiger partial charge in [-0.1, -0.05) is 0 Å². The van der Waals surface area contributed by atoms with Crippen LogP contribution in [0.1, 0.15) is 12.0 Å². The average Bonchev–Trinajstić information content (AvgIpc) is 2.99. The molecule has 0 aliphatic heterocycles. The van der Waals surface area contributed by atoms with Gasteiger partial charge in [0.15, 0.2) is 0 Å². The molecule has 0 spiro atoms. The summed E-state index contributed by atoms with van der Waals surface area (Å²) in [4.78, 5) is 10.6. The summed E-state index contributed by atoms with van der Waals surface area (Å²) in [7, 11) is 0. The van der Waals surface area contributed by atoms with E-state index in [1.807, 2.05) is 0 Å². The molecule has 0 aromatic heterocycles. The summed E-state index contributed by atoms with van der Waals surface area (Å²) in [5, 5.41) is 11.9. The molecule has 1 aromatic rings. The number of benzene rings is 1. The van der Waals surface area contributed by atoms with Crippen molar-refractivity contribution in [3.05, 3.63) is 29.6 Å². The van der Waals surface area contributed by atoms with Gasteiger partial charge in [-0.3, -0.25) is 4.79 Å². The van der Waals surface area contributed by atoms with Gasteiger partial charge in [-0.05, 0) is 43.0 Å². The van der Waals surface area contributed by atoms with Gasteiger partial charge in [0.2, 0.25) is 0 Å². The van der Waals surface area contributed by atoms with Crippen molar-refractivity contribution in [2.75, 3.05) is 11.9 Å². The average molecular weight is 223 g/mol. The van der Waals surface area contributed by atoms with Crippen molar-refractivity contribution in [3.8, 4) is 0 Å². The second kappa shape index (κ2) is 4.12. The third kappa shape index (κ3) is 2.32. The van der Waals surface area contributed by atoms with Gasteiger partial charge in [0, 0.05) is 12.2 Å². The minimum atomic E-state index is -0.720. The third-order valence-corrected chi connectivity index (χ3v) is 2.97. The van der Waals surface area contributed by atoms with Crippen molar-refractivity contribution in [1.82, 2.24) is 0 Å². The highest BCUT2D eigenvalue weighted by Gasteiger charge is 2.42. The molecule has 0 bridgehead atoms. The molecule has 0 amide bonds. The van der Waals surface area contributed by atoms with E-state index in [-0.39, 0.29) is 17.7 Å². The molecule has 0 saturated heterocycles. The first-order valence-corrected chi connectivity index (χ1v) is 5.31. The summed E-state index contributed by atoms with van der Waals surface area (Å²) in [5.41, 5.74) is 1.44. The minimum Gasteiger partial charge on any atom is -0.481 e. The summed E-state index contributed by atoms with van der Waals surface area (Å²) in [6, 6.07) is 4.81. The number of hydrogen-bond donors (Lipinski definition) is 2. The van der Waals surface area contributed by atoms with Gasteiger partial charge >= 0.3 is 5.97 Å². The standard InChI is InChI=1S/C12H14FNO2/c1-7-4-9(2-3-11(7)13)14-6-8-5-10(8)12(15)16/h2-4,8,10,14H,5-6H2,1H3,(H,15,16). The number of aryl methyl sites for hydroxylation is 1. The summed E-state index contributed by atoms with van der Waals surface area (Å²) < 4.78 is 13.0. The largest absolute Gasteiger partial charge is 0.481 e. The lowest BCUT2D eigenvalue weighted by molar-refractivity contribution is -0.138. The zero-order valence-electron chi connectivity index (χ0n) is 9.03. The summed E-state index contributed by atoms with van der Waals surface area (Å²) in [6.45, 7) is 2.35. The maximum Gasteiger partial charge on any atom is 0.306 e. The Balaban J connectivity index is 1.87. The molecule has 1 saturated carbocycles. The van der Waals surface area contributed by atoms with Gasteiger partial charge in [-0.15, -0.1) is 0 Å². The lowest BCUT2D eigenvalue weighted by Crippen LogP contribution is -2.08. The van der Waals surface area contributed by atoms with E-state index >= 15 is 0 Å². The molecular formula is C12H14FNO2. The first-order valence-electron chi connectivity index (χ1n) is 5.31. The van der Waals surface area contributed by atoms with E-state index in [1.54, 1.807) is 19.1 Å². The zero-order chi connectivity index (χ0) is 11.7. The SMILES string of the molecule is Cc1cc(NCC2CC2C(=O)O)ccc1F. The van der Waals surface area contributed by atoms with Crippen molar-refractivity contribution >= 4 is 11.7 Å². The molecule has 2 unspecified atom stereocenters. The highest BCUT2D eigenvalue weighted by atomic mass is 19.1. The highest BCUT2D eigenvalue weighted by molar-refractivity contribution is 5.73. The van der Waals surface area contributed by atoms with Gasteiger partial charge in [0.25, 0.3) is 0 Å². The van der Waals surface area contributed by atoms with Crippen LogP contribution in [0.2, 0.25) is 0 Å². The predicted octanol–water partition coefficient (Wildman–Crippen LogP) is 2.27. The van der Waals surface area contributed by atoms with E-state index in [0.717, 1.165) is 12.1 Å². The number of hydrogen-bond acceptors (Lipinski definition) is 2. The van der Waals surface area contributed by atoms with Crippen molar-refractivity contribution in [1.29, 1.82) is 0 Å². The van der Waals surface area contributed by atoms with Crippen LogP contribution < -0.4 is 5.32 Å². The Hall–Kier alpha value is -1.58. The highest BCUT2D eigenvalue weighted by Crippen LogP contribution is 2.38. The Morgan fingerprint density at radius 3 is 2.94 bits per heavy atom. The van der Waals surface area contributed by atoms with Crippen LogP contribution in [0, 0.1) is 24.6 Å². The van der Waals surface area contributed by atoms with E-state index in [9.17, 15) is 9.18 Å². The quantitative estimate of drug-likeness (QED) is 0.823. The number of carboxylic acid groups (broad SMARTS) is 1. The molecule has 86 valence electrons. The number of aliphatic carboxylic acids is 1. The second-order valence-corrected chi connectivity index (χ2v) is 4.29. The smallest absolute Gasteiger partial charge is 0.306 e. The Kier molecular flexibility index (Phi) is 2.81. The summed E-state index contributed by atoms with van der Waals surface area (Å²) in [5.74, 6) is -0.931. The van der Waals surface area contributed by atoms with E-state index in [2.05, 4.69) is 5.32 Å². The van der Waals surface area contributed by atoms with Gasteiger partial charge in [-0.25, -0.2) is 4.39 Å². The molecule has 0 heterocycles. The molecule has 16 heavy (non-hydrogen) atoms. The van der Waals surface area contributed by atoms with E-state index < -0.39 is 5.97 Å². The fourth-order valence-corrected chi connectivity index (χ4v) is 1.78. The Labute approximate surface area is 93.3 Å². The maximum absolute atomic E-state index is 13.0. The van der Waals surface area contributed by atoms with Crippen LogP contribution in [0.15, 0.2) is 18.2 Å². The molecule has 0 radical (unpaired) electrons. The van der Waals surface area contributed by atoms with Crippen LogP contribution >= 0.6 is 0 Å². The van der Waals surface area contributed by atoms with Crippen molar-refractivity contribution in [3.63, 3.8) is 0 Å². The van der Waals surface area contributed by atoms with Crippen LogP contribution in [0.4, 0.5) is 10.1 Å². The Morgan fingerprint density at radius 2 is 2.38 bits per heavy atom. The first kappa shape index (κ1) is 10.9. The van der Waals surface area contributed by atoms with Crippen molar-refractivity contribution < 1.29 is 14.3 Å². The van der Waals surface area contributed by atoms with Crippen molar-refractivity contribution in [2.24, 2.45) is 11.8 Å². The van der Waals surface area contributed by atoms with E-state index in [1.165, 1.54) is 6.07 Å². The zero-order valence-corrected chi connectivity index (χ0v) is 9.03. The lowest BCUT2D eigenvalue weighted by Gasteiger charge is -2.06. The second-order valence-electron chi connectivity index (χ2n) is 4.29. The number of nitrogens with one attached hydrogen (secondary N) is 1. The molecule has 2 rings (SSSR count). The van der Waals surface area contributed by atoms with Crippen molar-refractivity contribution in [2.45, 2.75) is 13.3 Å². The van der Waals surface area contributed by atoms with Gasteiger partial charge in [0.05, 0.1) is 5.92 Å². The molecule has 1 aliphatic rings. The number of halogens is 1. The van der Waals surface area contributed by atoms with Crippen LogP contribution in [0.5, 0.6) is 0 Å². The molecule has 1 fully saturated rings. The number of rotatable bonds is 4. The monoisotopic (exact) mass is 223 g/mol. The van der Waals surface area contributed by atoms with Gasteiger partial charge in [-0.2, -0.15) is 0 Å². The van der Waals surface area contributed by atoms with Crippen LogP contribution in [0.3, 0.4) is 0 Å².